The average Bonchev–Trinajstić information content (AvgIpc) is 3.46. The van der Waals surface area contributed by atoms with Crippen LogP contribution < -0.4 is 10.5 Å². The van der Waals surface area contributed by atoms with Crippen LogP contribution in [0, 0.1) is 5.92 Å². The van der Waals surface area contributed by atoms with Gasteiger partial charge in [-0.3, -0.25) is 0 Å². The zero-order valence-corrected chi connectivity index (χ0v) is 16.7. The van der Waals surface area contributed by atoms with E-state index in [-0.39, 0.29) is 6.10 Å². The second-order valence-corrected chi connectivity index (χ2v) is 7.37. The molecule has 5 rings (SSSR count). The summed E-state index contributed by atoms with van der Waals surface area (Å²) in [7, 11) is 0. The number of hydrogen-bond donors (Lipinski definition) is 1. The van der Waals surface area contributed by atoms with Crippen molar-refractivity contribution in [3.05, 3.63) is 48.7 Å². The summed E-state index contributed by atoms with van der Waals surface area (Å²) in [4.78, 5) is 4.37. The number of aromatic nitrogens is 3. The van der Waals surface area contributed by atoms with Crippen LogP contribution in [0.4, 0.5) is 0 Å². The number of ether oxygens (including phenoxy) is 2. The van der Waals surface area contributed by atoms with Gasteiger partial charge in [0.2, 0.25) is 5.88 Å². The molecule has 2 unspecified atom stereocenters. The van der Waals surface area contributed by atoms with Crippen LogP contribution >= 0.6 is 0 Å². The molecule has 1 aliphatic rings. The molecule has 152 valence electrons. The van der Waals surface area contributed by atoms with E-state index < -0.39 is 0 Å². The number of rotatable bonds is 4. The molecule has 0 bridgehead atoms. The molecule has 0 saturated carbocycles. The maximum Gasteiger partial charge on any atom is 0.232 e. The average molecular weight is 394 g/mol. The number of hydrogen-bond acceptors (Lipinski definition) is 6. The number of fused-ring (bicyclic) bond motifs is 2. The third kappa shape index (κ3) is 4.41. The highest BCUT2D eigenvalue weighted by Crippen LogP contribution is 2.28. The van der Waals surface area contributed by atoms with Crippen LogP contribution in [0.25, 0.3) is 28.1 Å². The summed E-state index contributed by atoms with van der Waals surface area (Å²) >= 11 is 0. The van der Waals surface area contributed by atoms with Crippen molar-refractivity contribution in [2.24, 2.45) is 11.7 Å². The van der Waals surface area contributed by atoms with E-state index >= 15 is 0 Å². The Labute approximate surface area is 169 Å². The lowest BCUT2D eigenvalue weighted by Crippen LogP contribution is -2.23. The van der Waals surface area contributed by atoms with Crippen LogP contribution in [0.2, 0.25) is 0 Å². The Morgan fingerprint density at radius 2 is 2.14 bits per heavy atom. The van der Waals surface area contributed by atoms with Crippen molar-refractivity contribution >= 4 is 16.6 Å². The van der Waals surface area contributed by atoms with E-state index in [0.717, 1.165) is 47.2 Å². The summed E-state index contributed by atoms with van der Waals surface area (Å²) in [5.74, 6) is 2.05. The van der Waals surface area contributed by atoms with Crippen molar-refractivity contribution in [1.29, 1.82) is 0 Å². The maximum atomic E-state index is 5.90. The van der Waals surface area contributed by atoms with Crippen LogP contribution in [-0.2, 0) is 4.74 Å². The number of nitrogens with zero attached hydrogens (tertiary/aromatic N) is 3. The van der Waals surface area contributed by atoms with Gasteiger partial charge in [0.25, 0.3) is 0 Å². The summed E-state index contributed by atoms with van der Waals surface area (Å²) in [5.41, 5.74) is 7.93. The molecule has 3 aromatic heterocycles. The van der Waals surface area contributed by atoms with Crippen LogP contribution in [0.3, 0.4) is 0 Å². The molecule has 0 spiro atoms. The SMILES string of the molecule is CC(CN)Oc1ccc2ncc(-c3cc4ccccc4o3)n2n1.CC1CCOC1. The molecule has 1 saturated heterocycles. The first-order valence-electron chi connectivity index (χ1n) is 9.92. The monoisotopic (exact) mass is 394 g/mol. The molecule has 2 N–H and O–H groups in total. The van der Waals surface area contributed by atoms with Gasteiger partial charge in [0, 0.05) is 31.2 Å². The van der Waals surface area contributed by atoms with E-state index in [1.54, 1.807) is 16.8 Å². The van der Waals surface area contributed by atoms with Crippen LogP contribution in [0.15, 0.2) is 53.1 Å². The number of para-hydroxylation sites is 1. The summed E-state index contributed by atoms with van der Waals surface area (Å²) in [5, 5.41) is 5.53. The van der Waals surface area contributed by atoms with Crippen molar-refractivity contribution < 1.29 is 13.9 Å². The Morgan fingerprint density at radius 1 is 1.28 bits per heavy atom. The normalized spacial score (nSPS) is 17.3. The van der Waals surface area contributed by atoms with Crippen molar-refractivity contribution in [1.82, 2.24) is 14.6 Å². The smallest absolute Gasteiger partial charge is 0.232 e. The zero-order valence-electron chi connectivity index (χ0n) is 16.7. The van der Waals surface area contributed by atoms with Gasteiger partial charge in [0.05, 0.1) is 6.20 Å². The Hall–Kier alpha value is -2.90. The van der Waals surface area contributed by atoms with E-state index in [9.17, 15) is 0 Å². The van der Waals surface area contributed by atoms with Crippen molar-refractivity contribution in [2.75, 3.05) is 19.8 Å². The second-order valence-electron chi connectivity index (χ2n) is 7.37. The highest BCUT2D eigenvalue weighted by atomic mass is 16.5. The topological polar surface area (TPSA) is 87.8 Å². The summed E-state index contributed by atoms with van der Waals surface area (Å²) in [6.07, 6.45) is 2.91. The molecule has 1 aliphatic heterocycles. The zero-order chi connectivity index (χ0) is 20.2. The lowest BCUT2D eigenvalue weighted by Gasteiger charge is -2.11. The minimum absolute atomic E-state index is 0.0990. The van der Waals surface area contributed by atoms with Crippen LogP contribution in [0.5, 0.6) is 5.88 Å². The number of nitrogens with two attached hydrogens (primary N) is 1. The fourth-order valence-electron chi connectivity index (χ4n) is 3.10. The summed E-state index contributed by atoms with van der Waals surface area (Å²) < 4.78 is 18.4. The highest BCUT2D eigenvalue weighted by molar-refractivity contribution is 5.82. The van der Waals surface area contributed by atoms with Gasteiger partial charge in [-0.15, -0.1) is 5.10 Å². The van der Waals surface area contributed by atoms with E-state index in [2.05, 4.69) is 17.0 Å². The van der Waals surface area contributed by atoms with Gasteiger partial charge in [-0.1, -0.05) is 25.1 Å². The first-order chi connectivity index (χ1) is 14.1. The standard InChI is InChI=1S/C17H16N4O2.C5H10O/c1-11(9-18)22-17-7-6-16-19-10-13(21(16)20-17)15-8-12-4-2-3-5-14(12)23-15;1-5-2-3-6-4-5/h2-8,10-11H,9,18H2,1H3;5H,2-4H2,1H3. The molecular weight excluding hydrogens is 368 g/mol. The van der Waals surface area contributed by atoms with Gasteiger partial charge in [-0.25, -0.2) is 9.50 Å². The second kappa shape index (κ2) is 8.63. The van der Waals surface area contributed by atoms with E-state index in [1.807, 2.05) is 43.3 Å². The first-order valence-corrected chi connectivity index (χ1v) is 9.92. The molecule has 1 aromatic carbocycles. The van der Waals surface area contributed by atoms with Gasteiger partial charge in [-0.2, -0.15) is 0 Å². The molecule has 7 heteroatoms. The Balaban J connectivity index is 0.000000294. The third-order valence-corrected chi connectivity index (χ3v) is 4.83. The van der Waals surface area contributed by atoms with Crippen LogP contribution in [-0.4, -0.2) is 40.5 Å². The van der Waals surface area contributed by atoms with Gasteiger partial charge < -0.3 is 19.6 Å². The van der Waals surface area contributed by atoms with Crippen molar-refractivity contribution in [3.8, 4) is 17.3 Å². The molecule has 4 aromatic rings. The molecule has 0 radical (unpaired) electrons. The van der Waals surface area contributed by atoms with E-state index in [4.69, 9.17) is 19.6 Å². The fraction of sp³-hybridized carbons (Fsp3) is 0.364. The molecule has 0 amide bonds. The first kappa shape index (κ1) is 19.4. The quantitative estimate of drug-likeness (QED) is 0.565. The predicted molar refractivity (Wildman–Crippen MR) is 112 cm³/mol. The molecule has 2 atom stereocenters. The number of imidazole rings is 1. The molecule has 4 heterocycles. The fourth-order valence-corrected chi connectivity index (χ4v) is 3.10. The maximum absolute atomic E-state index is 5.90. The number of benzene rings is 1. The predicted octanol–water partition coefficient (Wildman–Crippen LogP) is 3.91. The van der Waals surface area contributed by atoms with Gasteiger partial charge >= 0.3 is 0 Å². The minimum atomic E-state index is -0.0990. The van der Waals surface area contributed by atoms with E-state index in [0.29, 0.717) is 12.4 Å². The summed E-state index contributed by atoms with van der Waals surface area (Å²) in [6.45, 7) is 6.52. The number of furan rings is 1. The third-order valence-electron chi connectivity index (χ3n) is 4.83. The van der Waals surface area contributed by atoms with Crippen molar-refractivity contribution in [2.45, 2.75) is 26.4 Å². The Bertz CT molecular complexity index is 1050. The Kier molecular flexibility index (Phi) is 5.78. The lowest BCUT2D eigenvalue weighted by atomic mass is 10.2. The molecule has 29 heavy (non-hydrogen) atoms. The minimum Gasteiger partial charge on any atom is -0.472 e. The van der Waals surface area contributed by atoms with Gasteiger partial charge in [-0.05, 0) is 37.5 Å². The summed E-state index contributed by atoms with van der Waals surface area (Å²) in [6, 6.07) is 13.5. The largest absolute Gasteiger partial charge is 0.472 e. The van der Waals surface area contributed by atoms with Crippen molar-refractivity contribution in [3.63, 3.8) is 0 Å². The molecule has 7 nitrogen and oxygen atoms in total. The molecule has 0 aliphatic carbocycles. The van der Waals surface area contributed by atoms with Gasteiger partial charge in [0.15, 0.2) is 11.4 Å². The van der Waals surface area contributed by atoms with E-state index in [1.165, 1.54) is 6.42 Å². The highest BCUT2D eigenvalue weighted by Gasteiger charge is 2.13. The lowest BCUT2D eigenvalue weighted by molar-refractivity contribution is 0.188. The molecule has 1 fully saturated rings. The van der Waals surface area contributed by atoms with Gasteiger partial charge in [0.1, 0.15) is 17.4 Å². The van der Waals surface area contributed by atoms with Crippen LogP contribution in [0.1, 0.15) is 20.3 Å². The molecular formula is C22H26N4O3. The Morgan fingerprint density at radius 3 is 2.83 bits per heavy atom.